The van der Waals surface area contributed by atoms with E-state index in [1.54, 1.807) is 6.20 Å². The Labute approximate surface area is 159 Å². The van der Waals surface area contributed by atoms with Gasteiger partial charge < -0.3 is 4.90 Å². The predicted molar refractivity (Wildman–Crippen MR) is 105 cm³/mol. The minimum absolute atomic E-state index is 0.0777. The molecule has 2 atom stereocenters. The van der Waals surface area contributed by atoms with Crippen LogP contribution >= 0.6 is 11.8 Å². The van der Waals surface area contributed by atoms with E-state index in [0.717, 1.165) is 26.2 Å². The third-order valence-electron chi connectivity index (χ3n) is 5.56. The van der Waals surface area contributed by atoms with Crippen molar-refractivity contribution in [2.45, 2.75) is 30.3 Å². The van der Waals surface area contributed by atoms with Gasteiger partial charge in [0.2, 0.25) is 0 Å². The Morgan fingerprint density at radius 2 is 1.96 bits per heavy atom. The van der Waals surface area contributed by atoms with Crippen LogP contribution in [0.3, 0.4) is 0 Å². The number of amides is 1. The van der Waals surface area contributed by atoms with E-state index < -0.39 is 0 Å². The Bertz CT molecular complexity index is 767. The van der Waals surface area contributed by atoms with E-state index in [2.05, 4.69) is 40.4 Å². The summed E-state index contributed by atoms with van der Waals surface area (Å²) in [6.45, 7) is 3.73. The molecular weight excluding hydrogens is 342 g/mol. The number of carbonyl (C=O) groups is 1. The van der Waals surface area contributed by atoms with Crippen LogP contribution in [-0.2, 0) is 6.54 Å². The smallest absolute Gasteiger partial charge is 0.272 e. The molecule has 0 unspecified atom stereocenters. The SMILES string of the molecule is CSc1ccccc1CN1C[C@H]2CC[C@@H]1CN(C(=O)c1ccccn1)C2. The first-order valence-electron chi connectivity index (χ1n) is 9.31. The Balaban J connectivity index is 1.51. The van der Waals surface area contributed by atoms with E-state index in [4.69, 9.17) is 0 Å². The summed E-state index contributed by atoms with van der Waals surface area (Å²) < 4.78 is 0. The molecule has 1 aromatic carbocycles. The standard InChI is InChI=1S/C21H25N3OS/c1-26-20-8-3-2-6-17(20)14-23-12-16-9-10-18(23)15-24(13-16)21(25)19-7-4-5-11-22-19/h2-8,11,16,18H,9-10,12-15H2,1H3/t16-,18-/m1/s1. The van der Waals surface area contributed by atoms with Crippen LogP contribution < -0.4 is 0 Å². The van der Waals surface area contributed by atoms with Crippen LogP contribution in [0.5, 0.6) is 0 Å². The number of piperidine rings is 1. The number of fused-ring (bicyclic) bond motifs is 4. The first kappa shape index (κ1) is 17.6. The molecule has 4 heterocycles. The van der Waals surface area contributed by atoms with E-state index in [-0.39, 0.29) is 5.91 Å². The predicted octanol–water partition coefficient (Wildman–Crippen LogP) is 3.54. The highest BCUT2D eigenvalue weighted by Gasteiger charge is 2.36. The minimum Gasteiger partial charge on any atom is -0.335 e. The quantitative estimate of drug-likeness (QED) is 0.775. The lowest BCUT2D eigenvalue weighted by molar-refractivity contribution is 0.0730. The molecule has 3 aliphatic heterocycles. The van der Waals surface area contributed by atoms with Crippen molar-refractivity contribution in [3.05, 3.63) is 59.9 Å². The lowest BCUT2D eigenvalue weighted by atomic mass is 9.94. The maximum Gasteiger partial charge on any atom is 0.272 e. The zero-order chi connectivity index (χ0) is 17.9. The van der Waals surface area contributed by atoms with Crippen molar-refractivity contribution in [1.29, 1.82) is 0 Å². The number of aromatic nitrogens is 1. The number of benzene rings is 1. The molecule has 5 rings (SSSR count). The highest BCUT2D eigenvalue weighted by atomic mass is 32.2. The average molecular weight is 368 g/mol. The number of hydrogen-bond acceptors (Lipinski definition) is 4. The third-order valence-corrected chi connectivity index (χ3v) is 6.40. The van der Waals surface area contributed by atoms with Crippen LogP contribution in [-0.4, -0.2) is 52.6 Å². The molecule has 0 N–H and O–H groups in total. The van der Waals surface area contributed by atoms with Gasteiger partial charge in [-0.05, 0) is 48.8 Å². The molecule has 3 saturated heterocycles. The van der Waals surface area contributed by atoms with Gasteiger partial charge in [-0.15, -0.1) is 11.8 Å². The summed E-state index contributed by atoms with van der Waals surface area (Å²) in [5, 5.41) is 0. The zero-order valence-corrected chi connectivity index (χ0v) is 16.0. The Kier molecular flexibility index (Phi) is 5.27. The summed E-state index contributed by atoms with van der Waals surface area (Å²) in [6, 6.07) is 14.7. The van der Waals surface area contributed by atoms with Gasteiger partial charge in [0.15, 0.2) is 0 Å². The summed E-state index contributed by atoms with van der Waals surface area (Å²) in [4.78, 5) is 23.1. The van der Waals surface area contributed by atoms with Crippen LogP contribution in [0.15, 0.2) is 53.6 Å². The van der Waals surface area contributed by atoms with Crippen LogP contribution in [0, 0.1) is 5.92 Å². The van der Waals surface area contributed by atoms with Crippen molar-refractivity contribution in [3.63, 3.8) is 0 Å². The summed E-state index contributed by atoms with van der Waals surface area (Å²) in [6.07, 6.45) is 6.24. The molecule has 136 valence electrons. The van der Waals surface area contributed by atoms with Gasteiger partial charge in [-0.3, -0.25) is 14.7 Å². The highest BCUT2D eigenvalue weighted by molar-refractivity contribution is 7.98. The van der Waals surface area contributed by atoms with Gasteiger partial charge in [0, 0.05) is 43.3 Å². The third kappa shape index (κ3) is 3.64. The number of pyridine rings is 1. The lowest BCUT2D eigenvalue weighted by Gasteiger charge is -2.36. The fourth-order valence-corrected chi connectivity index (χ4v) is 4.85. The van der Waals surface area contributed by atoms with Crippen molar-refractivity contribution in [2.75, 3.05) is 25.9 Å². The number of hydrogen-bond donors (Lipinski definition) is 0. The van der Waals surface area contributed by atoms with E-state index in [1.165, 1.54) is 23.3 Å². The maximum absolute atomic E-state index is 12.9. The highest BCUT2D eigenvalue weighted by Crippen LogP contribution is 2.31. The summed E-state index contributed by atoms with van der Waals surface area (Å²) in [5.74, 6) is 0.636. The molecule has 0 aliphatic carbocycles. The largest absolute Gasteiger partial charge is 0.335 e. The molecule has 4 nitrogen and oxygen atoms in total. The van der Waals surface area contributed by atoms with Gasteiger partial charge in [-0.25, -0.2) is 0 Å². The van der Waals surface area contributed by atoms with Gasteiger partial charge in [0.05, 0.1) is 0 Å². The van der Waals surface area contributed by atoms with Crippen LogP contribution in [0.2, 0.25) is 0 Å². The number of thioether (sulfide) groups is 1. The van der Waals surface area contributed by atoms with E-state index >= 15 is 0 Å². The normalized spacial score (nSPS) is 23.0. The topological polar surface area (TPSA) is 36.4 Å². The Morgan fingerprint density at radius 3 is 2.77 bits per heavy atom. The number of nitrogens with zero attached hydrogens (tertiary/aromatic N) is 3. The summed E-state index contributed by atoms with van der Waals surface area (Å²) in [7, 11) is 0. The number of rotatable bonds is 4. The van der Waals surface area contributed by atoms with Crippen molar-refractivity contribution in [3.8, 4) is 0 Å². The maximum atomic E-state index is 12.9. The molecule has 2 bridgehead atoms. The first-order valence-corrected chi connectivity index (χ1v) is 10.5. The first-order chi connectivity index (χ1) is 12.7. The van der Waals surface area contributed by atoms with Crippen LogP contribution in [0.1, 0.15) is 28.9 Å². The van der Waals surface area contributed by atoms with Gasteiger partial charge in [0.25, 0.3) is 5.91 Å². The van der Waals surface area contributed by atoms with Crippen molar-refractivity contribution in [2.24, 2.45) is 5.92 Å². The van der Waals surface area contributed by atoms with Crippen molar-refractivity contribution in [1.82, 2.24) is 14.8 Å². The fourth-order valence-electron chi connectivity index (χ4n) is 4.24. The van der Waals surface area contributed by atoms with Crippen LogP contribution in [0.25, 0.3) is 0 Å². The molecule has 0 saturated carbocycles. The van der Waals surface area contributed by atoms with Crippen LogP contribution in [0.4, 0.5) is 0 Å². The molecule has 0 spiro atoms. The Morgan fingerprint density at radius 1 is 1.12 bits per heavy atom. The molecule has 5 heteroatoms. The summed E-state index contributed by atoms with van der Waals surface area (Å²) >= 11 is 1.81. The molecule has 2 aromatic rings. The molecule has 1 aromatic heterocycles. The molecule has 26 heavy (non-hydrogen) atoms. The average Bonchev–Trinajstić information content (AvgIpc) is 3.00. The minimum atomic E-state index is 0.0777. The second-order valence-corrected chi connectivity index (χ2v) is 8.11. The van der Waals surface area contributed by atoms with Gasteiger partial charge >= 0.3 is 0 Å². The lowest BCUT2D eigenvalue weighted by Crippen LogP contribution is -2.44. The van der Waals surface area contributed by atoms with E-state index in [0.29, 0.717) is 17.7 Å². The molecular formula is C21H25N3OS. The van der Waals surface area contributed by atoms with Gasteiger partial charge in [0.1, 0.15) is 5.69 Å². The molecule has 3 fully saturated rings. The second-order valence-electron chi connectivity index (χ2n) is 7.26. The van der Waals surface area contributed by atoms with Crippen molar-refractivity contribution < 1.29 is 4.79 Å². The second kappa shape index (κ2) is 7.80. The molecule has 0 radical (unpaired) electrons. The fraction of sp³-hybridized carbons (Fsp3) is 0.429. The van der Waals surface area contributed by atoms with Crippen molar-refractivity contribution >= 4 is 17.7 Å². The van der Waals surface area contributed by atoms with E-state index in [9.17, 15) is 4.79 Å². The van der Waals surface area contributed by atoms with Gasteiger partial charge in [-0.1, -0.05) is 24.3 Å². The summed E-state index contributed by atoms with van der Waals surface area (Å²) in [5.41, 5.74) is 1.96. The Hall–Kier alpha value is -1.85. The van der Waals surface area contributed by atoms with Gasteiger partial charge in [-0.2, -0.15) is 0 Å². The molecule has 1 amide bonds. The molecule has 3 aliphatic rings. The monoisotopic (exact) mass is 367 g/mol. The van der Waals surface area contributed by atoms with E-state index in [1.807, 2.05) is 34.9 Å². The zero-order valence-electron chi connectivity index (χ0n) is 15.2. The number of carbonyl (C=O) groups excluding carboxylic acids is 1.